The highest BCUT2D eigenvalue weighted by molar-refractivity contribution is 8.14. The van der Waals surface area contributed by atoms with Gasteiger partial charge >= 0.3 is 0 Å². The van der Waals surface area contributed by atoms with Crippen LogP contribution in [0.5, 0.6) is 5.75 Å². The van der Waals surface area contributed by atoms with Gasteiger partial charge in [0.05, 0.1) is 24.6 Å². The van der Waals surface area contributed by atoms with Gasteiger partial charge < -0.3 is 4.74 Å². The lowest BCUT2D eigenvalue weighted by Crippen LogP contribution is -2.32. The van der Waals surface area contributed by atoms with Gasteiger partial charge in [0.25, 0.3) is 10.0 Å². The second-order valence-corrected chi connectivity index (χ2v) is 6.49. The van der Waals surface area contributed by atoms with Crippen molar-refractivity contribution in [2.45, 2.75) is 11.8 Å². The number of ether oxygens (including phenoxy) is 1. The van der Waals surface area contributed by atoms with Crippen LogP contribution in [0.1, 0.15) is 6.92 Å². The van der Waals surface area contributed by atoms with Gasteiger partial charge in [-0.3, -0.25) is 4.99 Å². The second-order valence-electron chi connectivity index (χ2n) is 3.85. The van der Waals surface area contributed by atoms with Gasteiger partial charge in [0.2, 0.25) is 0 Å². The molecule has 1 aliphatic heterocycles. The molecule has 0 amide bonds. The van der Waals surface area contributed by atoms with E-state index in [0.717, 1.165) is 0 Å². The summed E-state index contributed by atoms with van der Waals surface area (Å²) < 4.78 is 31.6. The van der Waals surface area contributed by atoms with Crippen molar-refractivity contribution in [2.24, 2.45) is 4.99 Å². The van der Waals surface area contributed by atoms with Crippen molar-refractivity contribution < 1.29 is 13.2 Å². The number of nitrogens with zero attached hydrogens (tertiary/aromatic N) is 2. The first-order valence-electron chi connectivity index (χ1n) is 5.93. The fourth-order valence-corrected chi connectivity index (χ4v) is 4.16. The highest BCUT2D eigenvalue weighted by atomic mass is 32.2. The van der Waals surface area contributed by atoms with E-state index in [1.54, 1.807) is 24.3 Å². The number of rotatable bonds is 4. The Hall–Kier alpha value is -1.21. The zero-order valence-corrected chi connectivity index (χ0v) is 12.5. The monoisotopic (exact) mass is 300 g/mol. The third-order valence-electron chi connectivity index (χ3n) is 2.67. The molecule has 0 N–H and O–H groups in total. The first kappa shape index (κ1) is 14.2. The number of thioether (sulfide) groups is 1. The van der Waals surface area contributed by atoms with Crippen LogP contribution < -0.4 is 4.74 Å². The predicted molar refractivity (Wildman–Crippen MR) is 77.3 cm³/mol. The lowest BCUT2D eigenvalue weighted by atomic mass is 10.3. The van der Waals surface area contributed by atoms with E-state index >= 15 is 0 Å². The summed E-state index contributed by atoms with van der Waals surface area (Å²) in [5, 5.41) is 0.550. The molecular weight excluding hydrogens is 284 g/mol. The van der Waals surface area contributed by atoms with Crippen molar-refractivity contribution in [3.8, 4) is 5.75 Å². The van der Waals surface area contributed by atoms with Crippen molar-refractivity contribution in [3.63, 3.8) is 0 Å². The molecule has 0 saturated heterocycles. The summed E-state index contributed by atoms with van der Waals surface area (Å²) in [6, 6.07) is 6.47. The second kappa shape index (κ2) is 5.83. The van der Waals surface area contributed by atoms with Crippen molar-refractivity contribution in [1.82, 2.24) is 4.31 Å². The molecule has 0 unspecified atom stereocenters. The quantitative estimate of drug-likeness (QED) is 0.851. The van der Waals surface area contributed by atoms with Gasteiger partial charge in [-0.1, -0.05) is 11.8 Å². The minimum absolute atomic E-state index is 0.264. The van der Waals surface area contributed by atoms with E-state index in [0.29, 0.717) is 30.6 Å². The molecule has 19 heavy (non-hydrogen) atoms. The molecule has 0 saturated carbocycles. The lowest BCUT2D eigenvalue weighted by Gasteiger charge is -2.19. The Kier molecular flexibility index (Phi) is 4.36. The van der Waals surface area contributed by atoms with E-state index in [2.05, 4.69) is 4.99 Å². The summed E-state index contributed by atoms with van der Waals surface area (Å²) in [5.74, 6) is 0.668. The molecule has 0 fully saturated rings. The molecule has 1 aromatic rings. The molecule has 104 valence electrons. The zero-order chi connectivity index (χ0) is 13.9. The fraction of sp³-hybridized carbons (Fsp3) is 0.417. The largest absolute Gasteiger partial charge is 0.494 e. The Balaban J connectivity index is 2.27. The van der Waals surface area contributed by atoms with Crippen LogP contribution in [0.3, 0.4) is 0 Å². The Bertz CT molecular complexity index is 567. The molecular formula is C12H16N2O3S2. The average molecular weight is 300 g/mol. The highest BCUT2D eigenvalue weighted by Gasteiger charge is 2.30. The van der Waals surface area contributed by atoms with Gasteiger partial charge in [-0.15, -0.1) is 0 Å². The Morgan fingerprint density at radius 3 is 2.63 bits per heavy atom. The molecule has 2 rings (SSSR count). The summed E-state index contributed by atoms with van der Waals surface area (Å²) >= 11 is 1.35. The van der Waals surface area contributed by atoms with Crippen molar-refractivity contribution in [1.29, 1.82) is 0 Å². The third kappa shape index (κ3) is 2.87. The van der Waals surface area contributed by atoms with Gasteiger partial charge in [0.1, 0.15) is 5.75 Å². The number of hydrogen-bond donors (Lipinski definition) is 0. The minimum atomic E-state index is -3.51. The van der Waals surface area contributed by atoms with Crippen LogP contribution in [0, 0.1) is 0 Å². The zero-order valence-electron chi connectivity index (χ0n) is 10.9. The molecule has 7 heteroatoms. The molecule has 1 heterocycles. The molecule has 0 aromatic heterocycles. The molecule has 5 nitrogen and oxygen atoms in total. The van der Waals surface area contributed by atoms with Gasteiger partial charge in [0.15, 0.2) is 5.17 Å². The van der Waals surface area contributed by atoms with E-state index in [1.807, 2.05) is 13.2 Å². The Morgan fingerprint density at radius 1 is 1.37 bits per heavy atom. The van der Waals surface area contributed by atoms with Crippen LogP contribution in [0.4, 0.5) is 0 Å². The minimum Gasteiger partial charge on any atom is -0.494 e. The maximum atomic E-state index is 12.5. The first-order chi connectivity index (χ1) is 9.09. The number of benzene rings is 1. The van der Waals surface area contributed by atoms with Crippen molar-refractivity contribution in [2.75, 3.05) is 26.0 Å². The van der Waals surface area contributed by atoms with Gasteiger partial charge in [-0.25, -0.2) is 12.7 Å². The Labute approximate surface area is 117 Å². The highest BCUT2D eigenvalue weighted by Crippen LogP contribution is 2.24. The maximum Gasteiger partial charge on any atom is 0.265 e. The molecule has 0 bridgehead atoms. The summed E-state index contributed by atoms with van der Waals surface area (Å²) in [7, 11) is -3.51. The van der Waals surface area contributed by atoms with Crippen molar-refractivity contribution >= 4 is 27.0 Å². The van der Waals surface area contributed by atoms with Crippen molar-refractivity contribution in [3.05, 3.63) is 24.3 Å². The number of aliphatic imine (C=N–C) groups is 1. The maximum absolute atomic E-state index is 12.5. The van der Waals surface area contributed by atoms with Crippen LogP contribution in [0.15, 0.2) is 34.2 Å². The van der Waals surface area contributed by atoms with Crippen LogP contribution in [-0.2, 0) is 10.0 Å². The van der Waals surface area contributed by atoms with Gasteiger partial charge in [0, 0.05) is 0 Å². The van der Waals surface area contributed by atoms with E-state index in [9.17, 15) is 8.42 Å². The summed E-state index contributed by atoms with van der Waals surface area (Å²) in [6.07, 6.45) is 1.82. The number of sulfonamides is 1. The predicted octanol–water partition coefficient (Wildman–Crippen LogP) is 1.81. The van der Waals surface area contributed by atoms with Crippen LogP contribution in [-0.4, -0.2) is 43.8 Å². The van der Waals surface area contributed by atoms with Crippen LogP contribution in [0.25, 0.3) is 0 Å². The molecule has 0 spiro atoms. The van der Waals surface area contributed by atoms with E-state index in [1.165, 1.54) is 16.1 Å². The molecule has 1 aliphatic rings. The van der Waals surface area contributed by atoms with Crippen LogP contribution >= 0.6 is 11.8 Å². The average Bonchev–Trinajstić information content (AvgIpc) is 2.89. The normalized spacial score (nSPS) is 15.5. The SMILES string of the molecule is CCOc1ccc(S(=O)(=O)N2CCN=C2SC)cc1. The molecule has 0 aliphatic carbocycles. The first-order valence-corrected chi connectivity index (χ1v) is 8.60. The summed E-state index contributed by atoms with van der Waals surface area (Å²) in [6.45, 7) is 3.37. The number of amidine groups is 1. The number of hydrogen-bond acceptors (Lipinski definition) is 5. The topological polar surface area (TPSA) is 59.0 Å². The molecule has 0 atom stereocenters. The van der Waals surface area contributed by atoms with Gasteiger partial charge in [-0.2, -0.15) is 0 Å². The van der Waals surface area contributed by atoms with E-state index in [4.69, 9.17) is 4.74 Å². The Morgan fingerprint density at radius 2 is 2.05 bits per heavy atom. The van der Waals surface area contributed by atoms with Gasteiger partial charge in [-0.05, 0) is 37.4 Å². The standard InChI is InChI=1S/C12H16N2O3S2/c1-3-17-10-4-6-11(7-5-10)19(15,16)14-9-8-13-12(14)18-2/h4-7H,3,8-9H2,1-2H3. The molecule has 1 aromatic carbocycles. The molecule has 0 radical (unpaired) electrons. The van der Waals surface area contributed by atoms with E-state index < -0.39 is 10.0 Å². The smallest absolute Gasteiger partial charge is 0.265 e. The van der Waals surface area contributed by atoms with E-state index in [-0.39, 0.29) is 4.90 Å². The van der Waals surface area contributed by atoms with Crippen LogP contribution in [0.2, 0.25) is 0 Å². The third-order valence-corrected chi connectivity index (χ3v) is 5.30. The summed E-state index contributed by atoms with van der Waals surface area (Å²) in [4.78, 5) is 4.44. The lowest BCUT2D eigenvalue weighted by molar-refractivity contribution is 0.340. The summed E-state index contributed by atoms with van der Waals surface area (Å²) in [5.41, 5.74) is 0. The fourth-order valence-electron chi connectivity index (χ4n) is 1.80.